The number of nitrogens with zero attached hydrogens (tertiary/aromatic N) is 1. The van der Waals surface area contributed by atoms with Crippen LogP contribution in [-0.2, 0) is 0 Å². The number of fused-ring (bicyclic) bond motifs is 1. The second-order valence-corrected chi connectivity index (χ2v) is 4.63. The molecule has 0 amide bonds. The molecular formula is C10H20N2. The first-order chi connectivity index (χ1) is 5.77. The van der Waals surface area contributed by atoms with Crippen molar-refractivity contribution in [2.24, 2.45) is 11.8 Å². The van der Waals surface area contributed by atoms with Gasteiger partial charge in [0.15, 0.2) is 0 Å². The molecule has 70 valence electrons. The highest BCUT2D eigenvalue weighted by Gasteiger charge is 2.38. The van der Waals surface area contributed by atoms with E-state index in [0.717, 1.165) is 17.9 Å². The van der Waals surface area contributed by atoms with Crippen molar-refractivity contribution in [1.82, 2.24) is 10.2 Å². The molecule has 0 radical (unpaired) electrons. The molecule has 2 fully saturated rings. The maximum atomic E-state index is 3.65. The Kier molecular flexibility index (Phi) is 2.37. The summed E-state index contributed by atoms with van der Waals surface area (Å²) in [6.45, 7) is 2.53. The second kappa shape index (κ2) is 3.35. The van der Waals surface area contributed by atoms with E-state index in [1.807, 2.05) is 0 Å². The van der Waals surface area contributed by atoms with Crippen LogP contribution >= 0.6 is 0 Å². The molecule has 1 aliphatic heterocycles. The van der Waals surface area contributed by atoms with Gasteiger partial charge in [-0.25, -0.2) is 0 Å². The molecule has 1 saturated carbocycles. The molecule has 2 nitrogen and oxygen atoms in total. The lowest BCUT2D eigenvalue weighted by molar-refractivity contribution is 0.283. The van der Waals surface area contributed by atoms with Crippen molar-refractivity contribution in [3.63, 3.8) is 0 Å². The third-order valence-electron chi connectivity index (χ3n) is 3.42. The fourth-order valence-corrected chi connectivity index (χ4v) is 2.93. The van der Waals surface area contributed by atoms with Gasteiger partial charge < -0.3 is 10.2 Å². The van der Waals surface area contributed by atoms with E-state index in [2.05, 4.69) is 24.3 Å². The molecule has 2 rings (SSSR count). The highest BCUT2D eigenvalue weighted by atomic mass is 15.1. The van der Waals surface area contributed by atoms with Gasteiger partial charge in [-0.2, -0.15) is 0 Å². The minimum Gasteiger partial charge on any atom is -0.313 e. The Morgan fingerprint density at radius 1 is 1.33 bits per heavy atom. The smallest absolute Gasteiger partial charge is 0.00990 e. The van der Waals surface area contributed by atoms with E-state index in [9.17, 15) is 0 Å². The molecule has 0 aromatic carbocycles. The summed E-state index contributed by atoms with van der Waals surface area (Å²) in [5.41, 5.74) is 0. The summed E-state index contributed by atoms with van der Waals surface area (Å²) >= 11 is 0. The minimum absolute atomic E-state index is 0.870. The Bertz CT molecular complexity index is 156. The van der Waals surface area contributed by atoms with Crippen molar-refractivity contribution >= 4 is 0 Å². The van der Waals surface area contributed by atoms with Gasteiger partial charge in [-0.1, -0.05) is 6.42 Å². The van der Waals surface area contributed by atoms with E-state index < -0.39 is 0 Å². The Balaban J connectivity index is 1.91. The molecule has 1 aliphatic carbocycles. The van der Waals surface area contributed by atoms with Gasteiger partial charge in [0.25, 0.3) is 0 Å². The van der Waals surface area contributed by atoms with Crippen LogP contribution in [0.15, 0.2) is 0 Å². The Morgan fingerprint density at radius 2 is 2.17 bits per heavy atom. The van der Waals surface area contributed by atoms with Crippen LogP contribution in [0.2, 0.25) is 0 Å². The summed E-state index contributed by atoms with van der Waals surface area (Å²) in [6.07, 6.45) is 4.34. The summed E-state index contributed by atoms with van der Waals surface area (Å²) in [4.78, 5) is 2.33. The lowest BCUT2D eigenvalue weighted by Gasteiger charge is -2.20. The van der Waals surface area contributed by atoms with Gasteiger partial charge in [0.1, 0.15) is 0 Å². The molecule has 1 saturated heterocycles. The van der Waals surface area contributed by atoms with Gasteiger partial charge in [-0.15, -0.1) is 0 Å². The van der Waals surface area contributed by atoms with E-state index in [1.165, 1.54) is 32.4 Å². The van der Waals surface area contributed by atoms with Crippen LogP contribution < -0.4 is 5.32 Å². The van der Waals surface area contributed by atoms with Crippen LogP contribution in [0.25, 0.3) is 0 Å². The topological polar surface area (TPSA) is 15.3 Å². The fraction of sp³-hybridized carbons (Fsp3) is 1.00. The molecule has 0 bridgehead atoms. The Morgan fingerprint density at radius 3 is 2.92 bits per heavy atom. The van der Waals surface area contributed by atoms with Crippen LogP contribution in [0.1, 0.15) is 19.3 Å². The SMILES string of the molecule is CN(C)CC1CNC2CCCC12. The van der Waals surface area contributed by atoms with Crippen LogP contribution in [0.3, 0.4) is 0 Å². The van der Waals surface area contributed by atoms with E-state index in [-0.39, 0.29) is 0 Å². The molecule has 0 aromatic heterocycles. The molecule has 2 aliphatic rings. The normalized spacial score (nSPS) is 40.8. The van der Waals surface area contributed by atoms with Crippen molar-refractivity contribution in [3.05, 3.63) is 0 Å². The summed E-state index contributed by atoms with van der Waals surface area (Å²) < 4.78 is 0. The lowest BCUT2D eigenvalue weighted by Crippen LogP contribution is -2.26. The van der Waals surface area contributed by atoms with Crippen molar-refractivity contribution < 1.29 is 0 Å². The molecule has 1 heterocycles. The van der Waals surface area contributed by atoms with Crippen molar-refractivity contribution in [2.75, 3.05) is 27.2 Å². The van der Waals surface area contributed by atoms with Crippen LogP contribution in [0.5, 0.6) is 0 Å². The number of hydrogen-bond acceptors (Lipinski definition) is 2. The first-order valence-electron chi connectivity index (χ1n) is 5.15. The first kappa shape index (κ1) is 8.52. The predicted octanol–water partition coefficient (Wildman–Crippen LogP) is 0.936. The fourth-order valence-electron chi connectivity index (χ4n) is 2.93. The maximum absolute atomic E-state index is 3.65. The van der Waals surface area contributed by atoms with Gasteiger partial charge >= 0.3 is 0 Å². The molecule has 1 N–H and O–H groups in total. The quantitative estimate of drug-likeness (QED) is 0.660. The summed E-state index contributed by atoms with van der Waals surface area (Å²) in [5.74, 6) is 1.92. The minimum atomic E-state index is 0.870. The zero-order valence-corrected chi connectivity index (χ0v) is 8.21. The van der Waals surface area contributed by atoms with Gasteiger partial charge in [0, 0.05) is 12.6 Å². The molecule has 0 aromatic rings. The zero-order chi connectivity index (χ0) is 8.55. The molecule has 12 heavy (non-hydrogen) atoms. The predicted molar refractivity (Wildman–Crippen MR) is 51.2 cm³/mol. The Labute approximate surface area is 75.3 Å². The molecular weight excluding hydrogens is 148 g/mol. The number of nitrogens with one attached hydrogen (secondary N) is 1. The largest absolute Gasteiger partial charge is 0.313 e. The molecule has 3 atom stereocenters. The van der Waals surface area contributed by atoms with Gasteiger partial charge in [-0.3, -0.25) is 0 Å². The Hall–Kier alpha value is -0.0800. The van der Waals surface area contributed by atoms with E-state index in [4.69, 9.17) is 0 Å². The summed E-state index contributed by atoms with van der Waals surface area (Å²) in [7, 11) is 4.37. The van der Waals surface area contributed by atoms with Crippen molar-refractivity contribution in [2.45, 2.75) is 25.3 Å². The monoisotopic (exact) mass is 168 g/mol. The van der Waals surface area contributed by atoms with Gasteiger partial charge in [-0.05, 0) is 45.3 Å². The van der Waals surface area contributed by atoms with E-state index in [1.54, 1.807) is 0 Å². The standard InChI is InChI=1S/C10H20N2/c1-12(2)7-8-6-11-10-5-3-4-9(8)10/h8-11H,3-7H2,1-2H3. The van der Waals surface area contributed by atoms with E-state index >= 15 is 0 Å². The second-order valence-electron chi connectivity index (χ2n) is 4.63. The highest BCUT2D eigenvalue weighted by Crippen LogP contribution is 2.36. The zero-order valence-electron chi connectivity index (χ0n) is 8.21. The van der Waals surface area contributed by atoms with E-state index in [0.29, 0.717) is 0 Å². The summed E-state index contributed by atoms with van der Waals surface area (Å²) in [5, 5.41) is 3.65. The summed E-state index contributed by atoms with van der Waals surface area (Å²) in [6, 6.07) is 0.870. The lowest BCUT2D eigenvalue weighted by atomic mass is 9.92. The molecule has 0 spiro atoms. The van der Waals surface area contributed by atoms with Crippen molar-refractivity contribution in [3.8, 4) is 0 Å². The highest BCUT2D eigenvalue weighted by molar-refractivity contribution is 4.94. The molecule has 3 unspecified atom stereocenters. The average Bonchev–Trinajstić information content (AvgIpc) is 2.52. The van der Waals surface area contributed by atoms with Gasteiger partial charge in [0.05, 0.1) is 0 Å². The molecule has 2 heteroatoms. The third kappa shape index (κ3) is 1.50. The van der Waals surface area contributed by atoms with Crippen molar-refractivity contribution in [1.29, 1.82) is 0 Å². The van der Waals surface area contributed by atoms with Crippen LogP contribution in [-0.4, -0.2) is 38.1 Å². The van der Waals surface area contributed by atoms with Crippen LogP contribution in [0.4, 0.5) is 0 Å². The van der Waals surface area contributed by atoms with Crippen LogP contribution in [0, 0.1) is 11.8 Å². The number of hydrogen-bond donors (Lipinski definition) is 1. The third-order valence-corrected chi connectivity index (χ3v) is 3.42. The average molecular weight is 168 g/mol. The number of rotatable bonds is 2. The first-order valence-corrected chi connectivity index (χ1v) is 5.15. The maximum Gasteiger partial charge on any atom is 0.00990 e. The van der Waals surface area contributed by atoms with Gasteiger partial charge in [0.2, 0.25) is 0 Å².